The molecule has 18 heavy (non-hydrogen) atoms. The van der Waals surface area contributed by atoms with Crippen LogP contribution in [0.15, 0.2) is 22.7 Å². The Morgan fingerprint density at radius 2 is 2.00 bits per heavy atom. The molecule has 1 rings (SSSR count). The quantitative estimate of drug-likeness (QED) is 0.824. The molecule has 5 heteroatoms. The van der Waals surface area contributed by atoms with Crippen LogP contribution in [-0.2, 0) is 0 Å². The second-order valence-corrected chi connectivity index (χ2v) is 5.23. The SMILES string of the molecule is CNC(CCCC(F)(F)F)c1ccc(C)cc1Br. The average Bonchev–Trinajstić information content (AvgIpc) is 2.24. The Morgan fingerprint density at radius 1 is 1.33 bits per heavy atom. The van der Waals surface area contributed by atoms with E-state index in [-0.39, 0.29) is 12.5 Å². The van der Waals surface area contributed by atoms with Gasteiger partial charge in [-0.15, -0.1) is 0 Å². The molecular formula is C13H17BrF3N. The summed E-state index contributed by atoms with van der Waals surface area (Å²) >= 11 is 3.46. The van der Waals surface area contributed by atoms with Crippen LogP contribution in [0.5, 0.6) is 0 Å². The van der Waals surface area contributed by atoms with Crippen LogP contribution in [0.25, 0.3) is 0 Å². The molecule has 0 saturated heterocycles. The van der Waals surface area contributed by atoms with E-state index in [0.29, 0.717) is 6.42 Å². The Labute approximate surface area is 114 Å². The third kappa shape index (κ3) is 4.98. The van der Waals surface area contributed by atoms with Crippen LogP contribution in [0.4, 0.5) is 13.2 Å². The van der Waals surface area contributed by atoms with E-state index in [1.165, 1.54) is 0 Å². The first-order valence-electron chi connectivity index (χ1n) is 5.83. The van der Waals surface area contributed by atoms with E-state index in [1.807, 2.05) is 25.1 Å². The molecule has 0 fully saturated rings. The van der Waals surface area contributed by atoms with Gasteiger partial charge in [-0.1, -0.05) is 28.1 Å². The number of hydrogen-bond donors (Lipinski definition) is 1. The van der Waals surface area contributed by atoms with Gasteiger partial charge in [0.15, 0.2) is 0 Å². The molecule has 0 aliphatic rings. The number of alkyl halides is 3. The van der Waals surface area contributed by atoms with Crippen LogP contribution in [0.2, 0.25) is 0 Å². The lowest BCUT2D eigenvalue weighted by atomic mass is 10.00. The van der Waals surface area contributed by atoms with Crippen molar-refractivity contribution < 1.29 is 13.2 Å². The first-order chi connectivity index (χ1) is 8.33. The first kappa shape index (κ1) is 15.5. The van der Waals surface area contributed by atoms with Crippen molar-refractivity contribution in [2.24, 2.45) is 0 Å². The molecule has 0 amide bonds. The molecule has 0 spiro atoms. The molecule has 102 valence electrons. The molecule has 1 nitrogen and oxygen atoms in total. The summed E-state index contributed by atoms with van der Waals surface area (Å²) in [6, 6.07) is 5.84. The van der Waals surface area contributed by atoms with Gasteiger partial charge in [0.2, 0.25) is 0 Å². The highest BCUT2D eigenvalue weighted by Crippen LogP contribution is 2.30. The Balaban J connectivity index is 2.66. The summed E-state index contributed by atoms with van der Waals surface area (Å²) in [7, 11) is 1.77. The summed E-state index contributed by atoms with van der Waals surface area (Å²) in [4.78, 5) is 0. The van der Waals surface area contributed by atoms with Crippen molar-refractivity contribution in [2.45, 2.75) is 38.4 Å². The molecule has 0 aliphatic heterocycles. The molecule has 1 aromatic rings. The minimum absolute atomic E-state index is 0.0534. The molecule has 0 radical (unpaired) electrons. The van der Waals surface area contributed by atoms with Crippen LogP contribution in [0, 0.1) is 6.92 Å². The fourth-order valence-corrected chi connectivity index (χ4v) is 2.65. The maximum Gasteiger partial charge on any atom is 0.389 e. The zero-order valence-electron chi connectivity index (χ0n) is 10.4. The van der Waals surface area contributed by atoms with Crippen LogP contribution < -0.4 is 5.32 Å². The van der Waals surface area contributed by atoms with Gasteiger partial charge in [-0.3, -0.25) is 0 Å². The topological polar surface area (TPSA) is 12.0 Å². The Morgan fingerprint density at radius 3 is 2.50 bits per heavy atom. The number of rotatable bonds is 5. The zero-order valence-corrected chi connectivity index (χ0v) is 12.0. The molecule has 0 bridgehead atoms. The minimum Gasteiger partial charge on any atom is -0.313 e. The summed E-state index contributed by atoms with van der Waals surface area (Å²) in [6.07, 6.45) is -4.19. The van der Waals surface area contributed by atoms with Crippen LogP contribution in [-0.4, -0.2) is 13.2 Å². The smallest absolute Gasteiger partial charge is 0.313 e. The highest BCUT2D eigenvalue weighted by molar-refractivity contribution is 9.10. The number of halogens is 4. The molecular weight excluding hydrogens is 307 g/mol. The lowest BCUT2D eigenvalue weighted by molar-refractivity contribution is -0.135. The van der Waals surface area contributed by atoms with E-state index < -0.39 is 12.6 Å². The van der Waals surface area contributed by atoms with Gasteiger partial charge in [0.1, 0.15) is 0 Å². The van der Waals surface area contributed by atoms with Gasteiger partial charge >= 0.3 is 6.18 Å². The summed E-state index contributed by atoms with van der Waals surface area (Å²) in [5.41, 5.74) is 2.13. The third-order valence-electron chi connectivity index (χ3n) is 2.83. The fraction of sp³-hybridized carbons (Fsp3) is 0.538. The van der Waals surface area contributed by atoms with Crippen molar-refractivity contribution in [2.75, 3.05) is 7.05 Å². The summed E-state index contributed by atoms with van der Waals surface area (Å²) in [5, 5.41) is 3.07. The van der Waals surface area contributed by atoms with Crippen LogP contribution >= 0.6 is 15.9 Å². The standard InChI is InChI=1S/C13H17BrF3N/c1-9-5-6-10(11(14)8-9)12(18-2)4-3-7-13(15,16)17/h5-6,8,12,18H,3-4,7H2,1-2H3. The Bertz CT molecular complexity index is 390. The monoisotopic (exact) mass is 323 g/mol. The number of benzene rings is 1. The Hall–Kier alpha value is -0.550. The number of hydrogen-bond acceptors (Lipinski definition) is 1. The fourth-order valence-electron chi connectivity index (χ4n) is 1.88. The second-order valence-electron chi connectivity index (χ2n) is 4.37. The van der Waals surface area contributed by atoms with Gasteiger partial charge < -0.3 is 5.32 Å². The molecule has 1 unspecified atom stereocenters. The molecule has 1 atom stereocenters. The van der Waals surface area contributed by atoms with E-state index in [0.717, 1.165) is 15.6 Å². The van der Waals surface area contributed by atoms with E-state index in [2.05, 4.69) is 21.2 Å². The van der Waals surface area contributed by atoms with Crippen molar-refractivity contribution in [1.82, 2.24) is 5.32 Å². The van der Waals surface area contributed by atoms with Gasteiger partial charge in [-0.05, 0) is 44.0 Å². The average molecular weight is 324 g/mol. The molecule has 1 N–H and O–H groups in total. The van der Waals surface area contributed by atoms with E-state index in [4.69, 9.17) is 0 Å². The van der Waals surface area contributed by atoms with Crippen molar-refractivity contribution in [3.63, 3.8) is 0 Å². The van der Waals surface area contributed by atoms with Gasteiger partial charge in [0.05, 0.1) is 0 Å². The normalized spacial score (nSPS) is 13.7. The minimum atomic E-state index is -4.07. The molecule has 0 heterocycles. The summed E-state index contributed by atoms with van der Waals surface area (Å²) < 4.78 is 37.3. The third-order valence-corrected chi connectivity index (χ3v) is 3.52. The molecule has 0 aliphatic carbocycles. The van der Waals surface area contributed by atoms with Gasteiger partial charge in [0, 0.05) is 16.9 Å². The largest absolute Gasteiger partial charge is 0.389 e. The predicted molar refractivity (Wildman–Crippen MR) is 70.6 cm³/mol. The van der Waals surface area contributed by atoms with Crippen molar-refractivity contribution in [1.29, 1.82) is 0 Å². The lowest BCUT2D eigenvalue weighted by Crippen LogP contribution is -2.18. The highest BCUT2D eigenvalue weighted by atomic mass is 79.9. The maximum atomic E-state index is 12.1. The van der Waals surface area contributed by atoms with E-state index in [1.54, 1.807) is 7.05 Å². The van der Waals surface area contributed by atoms with Crippen molar-refractivity contribution >= 4 is 15.9 Å². The molecule has 0 aromatic heterocycles. The summed E-state index contributed by atoms with van der Waals surface area (Å²) in [6.45, 7) is 1.98. The van der Waals surface area contributed by atoms with Gasteiger partial charge in [-0.2, -0.15) is 13.2 Å². The van der Waals surface area contributed by atoms with Crippen molar-refractivity contribution in [3.05, 3.63) is 33.8 Å². The maximum absolute atomic E-state index is 12.1. The van der Waals surface area contributed by atoms with Crippen LogP contribution in [0.3, 0.4) is 0 Å². The lowest BCUT2D eigenvalue weighted by Gasteiger charge is -2.19. The van der Waals surface area contributed by atoms with Crippen molar-refractivity contribution in [3.8, 4) is 0 Å². The Kier molecular flexibility index (Phi) is 5.66. The highest BCUT2D eigenvalue weighted by Gasteiger charge is 2.26. The second kappa shape index (κ2) is 6.57. The van der Waals surface area contributed by atoms with Crippen LogP contribution in [0.1, 0.15) is 36.4 Å². The van der Waals surface area contributed by atoms with E-state index in [9.17, 15) is 13.2 Å². The summed E-state index contributed by atoms with van der Waals surface area (Å²) in [5.74, 6) is 0. The number of aryl methyl sites for hydroxylation is 1. The number of nitrogens with one attached hydrogen (secondary N) is 1. The molecule has 0 saturated carbocycles. The molecule has 1 aromatic carbocycles. The zero-order chi connectivity index (χ0) is 13.8. The first-order valence-corrected chi connectivity index (χ1v) is 6.63. The van der Waals surface area contributed by atoms with Gasteiger partial charge in [-0.25, -0.2) is 0 Å². The van der Waals surface area contributed by atoms with Gasteiger partial charge in [0.25, 0.3) is 0 Å². The van der Waals surface area contributed by atoms with E-state index >= 15 is 0 Å². The predicted octanol–water partition coefficient (Wildman–Crippen LogP) is 4.75.